The molecule has 1 aromatic carbocycles. The standard InChI is InChI=1S/C13H16ClNO4/c14-10-5-4-6-11(15(17)18)12(10)19-9-13(16)7-2-1-3-8-13/h4-6,16H,1-3,7-9H2. The van der Waals surface area contributed by atoms with Crippen molar-refractivity contribution in [1.29, 1.82) is 0 Å². The van der Waals surface area contributed by atoms with Crippen molar-refractivity contribution in [1.82, 2.24) is 0 Å². The number of halogens is 1. The van der Waals surface area contributed by atoms with Crippen molar-refractivity contribution in [2.45, 2.75) is 37.7 Å². The summed E-state index contributed by atoms with van der Waals surface area (Å²) in [6.07, 6.45) is 4.32. The summed E-state index contributed by atoms with van der Waals surface area (Å²) in [4.78, 5) is 10.4. The third kappa shape index (κ3) is 3.36. The van der Waals surface area contributed by atoms with Crippen LogP contribution < -0.4 is 4.74 Å². The number of nitro benzene ring substituents is 1. The van der Waals surface area contributed by atoms with Crippen LogP contribution in [-0.2, 0) is 0 Å². The lowest BCUT2D eigenvalue weighted by molar-refractivity contribution is -0.386. The number of ether oxygens (including phenoxy) is 1. The van der Waals surface area contributed by atoms with Crippen LogP contribution >= 0.6 is 11.6 Å². The molecule has 0 bridgehead atoms. The highest BCUT2D eigenvalue weighted by molar-refractivity contribution is 6.32. The number of hydrogen-bond donors (Lipinski definition) is 1. The Morgan fingerprint density at radius 1 is 1.37 bits per heavy atom. The first-order chi connectivity index (χ1) is 9.02. The normalized spacial score (nSPS) is 18.0. The van der Waals surface area contributed by atoms with E-state index in [2.05, 4.69) is 0 Å². The van der Waals surface area contributed by atoms with Crippen molar-refractivity contribution < 1.29 is 14.8 Å². The second kappa shape index (κ2) is 5.75. The monoisotopic (exact) mass is 285 g/mol. The molecule has 0 saturated heterocycles. The molecule has 0 aromatic heterocycles. The molecule has 0 atom stereocenters. The number of nitrogens with zero attached hydrogens (tertiary/aromatic N) is 1. The van der Waals surface area contributed by atoms with Crippen molar-refractivity contribution >= 4 is 17.3 Å². The Kier molecular flexibility index (Phi) is 4.27. The van der Waals surface area contributed by atoms with Gasteiger partial charge in [-0.2, -0.15) is 0 Å². The molecule has 0 spiro atoms. The van der Waals surface area contributed by atoms with Crippen LogP contribution in [0.1, 0.15) is 32.1 Å². The van der Waals surface area contributed by atoms with Crippen LogP contribution in [-0.4, -0.2) is 22.2 Å². The number of hydrogen-bond acceptors (Lipinski definition) is 4. The second-order valence-corrected chi connectivity index (χ2v) is 5.33. The summed E-state index contributed by atoms with van der Waals surface area (Å²) in [7, 11) is 0. The highest BCUT2D eigenvalue weighted by Crippen LogP contribution is 2.36. The van der Waals surface area contributed by atoms with Crippen LogP contribution in [0.2, 0.25) is 5.02 Å². The summed E-state index contributed by atoms with van der Waals surface area (Å²) in [6.45, 7) is 0.0393. The Labute approximate surface area is 116 Å². The molecule has 0 unspecified atom stereocenters. The van der Waals surface area contributed by atoms with E-state index in [1.165, 1.54) is 18.2 Å². The van der Waals surface area contributed by atoms with Crippen LogP contribution in [0.4, 0.5) is 5.69 Å². The third-order valence-electron chi connectivity index (χ3n) is 3.41. The van der Waals surface area contributed by atoms with Gasteiger partial charge in [-0.3, -0.25) is 10.1 Å². The minimum atomic E-state index is -0.898. The Hall–Kier alpha value is -1.33. The third-order valence-corrected chi connectivity index (χ3v) is 3.71. The SMILES string of the molecule is O=[N+]([O-])c1cccc(Cl)c1OCC1(O)CCCCC1. The van der Waals surface area contributed by atoms with Crippen molar-refractivity contribution in [3.8, 4) is 5.75 Å². The van der Waals surface area contributed by atoms with E-state index in [1.807, 2.05) is 0 Å². The summed E-state index contributed by atoms with van der Waals surface area (Å²) >= 11 is 5.93. The van der Waals surface area contributed by atoms with E-state index in [9.17, 15) is 15.2 Å². The minimum absolute atomic E-state index is 0.0353. The molecule has 6 heteroatoms. The fourth-order valence-electron chi connectivity index (χ4n) is 2.34. The molecule has 1 aromatic rings. The predicted octanol–water partition coefficient (Wildman–Crippen LogP) is 3.32. The summed E-state index contributed by atoms with van der Waals surface area (Å²) < 4.78 is 5.45. The Bertz CT molecular complexity index is 472. The first-order valence-corrected chi connectivity index (χ1v) is 6.68. The highest BCUT2D eigenvalue weighted by atomic mass is 35.5. The first kappa shape index (κ1) is 14.1. The minimum Gasteiger partial charge on any atom is -0.483 e. The van der Waals surface area contributed by atoms with Crippen molar-refractivity contribution in [2.75, 3.05) is 6.61 Å². The zero-order valence-electron chi connectivity index (χ0n) is 10.5. The molecular formula is C13H16ClNO4. The van der Waals surface area contributed by atoms with Gasteiger partial charge in [0, 0.05) is 6.07 Å². The lowest BCUT2D eigenvalue weighted by Gasteiger charge is -2.31. The van der Waals surface area contributed by atoms with E-state index < -0.39 is 10.5 Å². The van der Waals surface area contributed by atoms with E-state index in [-0.39, 0.29) is 23.1 Å². The smallest absolute Gasteiger partial charge is 0.312 e. The van der Waals surface area contributed by atoms with E-state index in [0.717, 1.165) is 19.3 Å². The zero-order valence-corrected chi connectivity index (χ0v) is 11.2. The van der Waals surface area contributed by atoms with Crippen LogP contribution in [0.5, 0.6) is 5.75 Å². The zero-order chi connectivity index (χ0) is 13.9. The maximum atomic E-state index is 10.9. The summed E-state index contributed by atoms with van der Waals surface area (Å²) in [6, 6.07) is 4.38. The van der Waals surface area contributed by atoms with Gasteiger partial charge in [-0.25, -0.2) is 0 Å². The van der Waals surface area contributed by atoms with Gasteiger partial charge >= 0.3 is 5.69 Å². The molecule has 0 aliphatic heterocycles. The quantitative estimate of drug-likeness (QED) is 0.680. The van der Waals surface area contributed by atoms with Gasteiger partial charge in [-0.05, 0) is 18.9 Å². The highest BCUT2D eigenvalue weighted by Gasteiger charge is 2.31. The first-order valence-electron chi connectivity index (χ1n) is 6.30. The Morgan fingerprint density at radius 3 is 2.68 bits per heavy atom. The fraction of sp³-hybridized carbons (Fsp3) is 0.538. The average molecular weight is 286 g/mol. The van der Waals surface area contributed by atoms with Crippen LogP contribution in [0.25, 0.3) is 0 Å². The van der Waals surface area contributed by atoms with Crippen molar-refractivity contribution in [2.24, 2.45) is 0 Å². The molecule has 1 fully saturated rings. The second-order valence-electron chi connectivity index (χ2n) is 4.92. The molecule has 1 aliphatic rings. The Morgan fingerprint density at radius 2 is 2.05 bits per heavy atom. The van der Waals surface area contributed by atoms with Crippen LogP contribution in [0.15, 0.2) is 18.2 Å². The van der Waals surface area contributed by atoms with Gasteiger partial charge in [0.05, 0.1) is 15.5 Å². The van der Waals surface area contributed by atoms with E-state index in [0.29, 0.717) is 12.8 Å². The molecule has 5 nitrogen and oxygen atoms in total. The number of rotatable bonds is 4. The van der Waals surface area contributed by atoms with Gasteiger partial charge in [0.15, 0.2) is 0 Å². The molecule has 0 radical (unpaired) electrons. The van der Waals surface area contributed by atoms with Gasteiger partial charge in [-0.15, -0.1) is 0 Å². The molecular weight excluding hydrogens is 270 g/mol. The van der Waals surface area contributed by atoms with Crippen LogP contribution in [0, 0.1) is 10.1 Å². The van der Waals surface area contributed by atoms with Gasteiger partial charge in [0.25, 0.3) is 0 Å². The summed E-state index contributed by atoms with van der Waals surface area (Å²) in [5, 5.41) is 21.4. The van der Waals surface area contributed by atoms with Crippen molar-refractivity contribution in [3.05, 3.63) is 33.3 Å². The molecule has 1 aliphatic carbocycles. The summed E-state index contributed by atoms with van der Waals surface area (Å²) in [5.74, 6) is 0.0353. The molecule has 104 valence electrons. The molecule has 19 heavy (non-hydrogen) atoms. The lowest BCUT2D eigenvalue weighted by atomic mass is 9.85. The van der Waals surface area contributed by atoms with Gasteiger partial charge in [-0.1, -0.05) is 36.9 Å². The van der Waals surface area contributed by atoms with Gasteiger partial charge in [0.1, 0.15) is 6.61 Å². The lowest BCUT2D eigenvalue weighted by Crippen LogP contribution is -2.38. The van der Waals surface area contributed by atoms with Crippen LogP contribution in [0.3, 0.4) is 0 Å². The molecule has 0 amide bonds. The topological polar surface area (TPSA) is 72.6 Å². The maximum absolute atomic E-state index is 10.9. The van der Waals surface area contributed by atoms with Gasteiger partial charge < -0.3 is 9.84 Å². The molecule has 1 saturated carbocycles. The predicted molar refractivity (Wildman–Crippen MR) is 71.6 cm³/mol. The average Bonchev–Trinajstić information content (AvgIpc) is 2.38. The number of nitro groups is 1. The molecule has 2 rings (SSSR count). The molecule has 1 N–H and O–H groups in total. The fourth-order valence-corrected chi connectivity index (χ4v) is 2.57. The van der Waals surface area contributed by atoms with Gasteiger partial charge in [0.2, 0.25) is 5.75 Å². The van der Waals surface area contributed by atoms with E-state index in [1.54, 1.807) is 0 Å². The number of para-hydroxylation sites is 1. The largest absolute Gasteiger partial charge is 0.483 e. The van der Waals surface area contributed by atoms with Crippen molar-refractivity contribution in [3.63, 3.8) is 0 Å². The number of benzene rings is 1. The Balaban J connectivity index is 2.12. The number of aliphatic hydroxyl groups is 1. The summed E-state index contributed by atoms with van der Waals surface area (Å²) in [5.41, 5.74) is -1.07. The van der Waals surface area contributed by atoms with E-state index >= 15 is 0 Å². The molecule has 0 heterocycles. The van der Waals surface area contributed by atoms with E-state index in [4.69, 9.17) is 16.3 Å². The maximum Gasteiger partial charge on any atom is 0.312 e.